The number of nitrogens with zero attached hydrogens (tertiary/aromatic N) is 4. The molecule has 2 rings (SSSR count). The summed E-state index contributed by atoms with van der Waals surface area (Å²) < 4.78 is 0. The number of halogens is 1. The molecule has 0 radical (unpaired) electrons. The van der Waals surface area contributed by atoms with Gasteiger partial charge in [0.1, 0.15) is 12.1 Å². The number of nitriles is 2. The Labute approximate surface area is 131 Å². The summed E-state index contributed by atoms with van der Waals surface area (Å²) >= 11 is 5.93. The number of carbonyl (C=O) groups is 1. The van der Waals surface area contributed by atoms with Crippen LogP contribution in [0, 0.1) is 22.7 Å². The van der Waals surface area contributed by atoms with Crippen LogP contribution in [-0.2, 0) is 4.79 Å². The number of rotatable bonds is 3. The Hall–Kier alpha value is -3.16. The molecule has 0 spiro atoms. The molecule has 0 aliphatic heterocycles. The van der Waals surface area contributed by atoms with E-state index in [1.165, 1.54) is 6.92 Å². The molecule has 2 N–H and O–H groups in total. The molecule has 7 nitrogen and oxygen atoms in total. The lowest BCUT2D eigenvalue weighted by molar-refractivity contribution is -0.114. The lowest BCUT2D eigenvalue weighted by Gasteiger charge is -2.09. The molecule has 0 atom stereocenters. The van der Waals surface area contributed by atoms with Crippen LogP contribution in [0.2, 0.25) is 5.15 Å². The third-order valence-corrected chi connectivity index (χ3v) is 2.80. The highest BCUT2D eigenvalue weighted by atomic mass is 35.5. The molecule has 1 aromatic heterocycles. The fourth-order valence-corrected chi connectivity index (χ4v) is 1.80. The topological polar surface area (TPSA) is 114 Å². The first-order chi connectivity index (χ1) is 10.5. The van der Waals surface area contributed by atoms with E-state index in [2.05, 4.69) is 20.6 Å². The second-order valence-corrected chi connectivity index (χ2v) is 4.53. The maximum atomic E-state index is 10.9. The molecular weight excluding hydrogens is 304 g/mol. The van der Waals surface area contributed by atoms with Crippen molar-refractivity contribution < 1.29 is 4.79 Å². The molecule has 8 heteroatoms. The Balaban J connectivity index is 2.26. The first kappa shape index (κ1) is 15.2. The van der Waals surface area contributed by atoms with Gasteiger partial charge in [-0.05, 0) is 24.3 Å². The second kappa shape index (κ2) is 6.53. The van der Waals surface area contributed by atoms with Gasteiger partial charge in [-0.15, -0.1) is 0 Å². The van der Waals surface area contributed by atoms with Gasteiger partial charge in [-0.1, -0.05) is 11.6 Å². The SMILES string of the molecule is CC(=O)Nc1ccc(Nc2nc(C#N)c(C#N)nc2Cl)cc1. The monoisotopic (exact) mass is 312 g/mol. The molecule has 22 heavy (non-hydrogen) atoms. The summed E-state index contributed by atoms with van der Waals surface area (Å²) in [7, 11) is 0. The van der Waals surface area contributed by atoms with Crippen molar-refractivity contribution in [3.63, 3.8) is 0 Å². The second-order valence-electron chi connectivity index (χ2n) is 4.17. The maximum Gasteiger partial charge on any atom is 0.221 e. The van der Waals surface area contributed by atoms with Gasteiger partial charge < -0.3 is 10.6 Å². The highest BCUT2D eigenvalue weighted by molar-refractivity contribution is 6.31. The number of benzene rings is 1. The van der Waals surface area contributed by atoms with Crippen LogP contribution in [0.15, 0.2) is 24.3 Å². The highest BCUT2D eigenvalue weighted by Gasteiger charge is 2.12. The number of aromatic nitrogens is 2. The quantitative estimate of drug-likeness (QED) is 0.900. The van der Waals surface area contributed by atoms with Crippen molar-refractivity contribution in [2.75, 3.05) is 10.6 Å². The van der Waals surface area contributed by atoms with Gasteiger partial charge in [0.05, 0.1) is 0 Å². The van der Waals surface area contributed by atoms with Crippen LogP contribution in [0.1, 0.15) is 18.3 Å². The van der Waals surface area contributed by atoms with Gasteiger partial charge in [-0.3, -0.25) is 4.79 Å². The van der Waals surface area contributed by atoms with E-state index >= 15 is 0 Å². The molecule has 0 aliphatic rings. The third kappa shape index (κ3) is 3.48. The fourth-order valence-electron chi connectivity index (χ4n) is 1.63. The van der Waals surface area contributed by atoms with Crippen LogP contribution in [0.3, 0.4) is 0 Å². The van der Waals surface area contributed by atoms with Crippen molar-refractivity contribution in [2.45, 2.75) is 6.92 Å². The highest BCUT2D eigenvalue weighted by Crippen LogP contribution is 2.23. The van der Waals surface area contributed by atoms with Crippen LogP contribution in [-0.4, -0.2) is 15.9 Å². The standard InChI is InChI=1S/C14H9ClN6O/c1-8(22)18-9-2-4-10(5-3-9)19-14-13(15)20-11(6-16)12(7-17)21-14/h2-5H,1H3,(H,18,22)(H,19,21). The summed E-state index contributed by atoms with van der Waals surface area (Å²) in [6.45, 7) is 1.42. The summed E-state index contributed by atoms with van der Waals surface area (Å²) in [5.41, 5.74) is 1.05. The first-order valence-corrected chi connectivity index (χ1v) is 6.43. The number of hydrogen-bond donors (Lipinski definition) is 2. The minimum Gasteiger partial charge on any atom is -0.338 e. The van der Waals surface area contributed by atoms with Gasteiger partial charge in [0.25, 0.3) is 0 Å². The Morgan fingerprint density at radius 1 is 1.09 bits per heavy atom. The fraction of sp³-hybridized carbons (Fsp3) is 0.0714. The van der Waals surface area contributed by atoms with Crippen LogP contribution in [0.4, 0.5) is 17.2 Å². The molecule has 0 fully saturated rings. The van der Waals surface area contributed by atoms with Crippen LogP contribution < -0.4 is 10.6 Å². The van der Waals surface area contributed by atoms with E-state index in [0.29, 0.717) is 11.4 Å². The maximum absolute atomic E-state index is 10.9. The molecule has 1 heterocycles. The molecule has 1 amide bonds. The molecule has 0 saturated heterocycles. The number of carbonyl (C=O) groups excluding carboxylic acids is 1. The first-order valence-electron chi connectivity index (χ1n) is 6.06. The van der Waals surface area contributed by atoms with Crippen molar-refractivity contribution in [1.29, 1.82) is 10.5 Å². The molecular formula is C14H9ClN6O. The van der Waals surface area contributed by atoms with E-state index < -0.39 is 0 Å². The summed E-state index contributed by atoms with van der Waals surface area (Å²) in [6, 6.07) is 10.3. The zero-order valence-electron chi connectivity index (χ0n) is 11.4. The molecule has 108 valence electrons. The van der Waals surface area contributed by atoms with Crippen molar-refractivity contribution in [2.24, 2.45) is 0 Å². The number of anilines is 3. The largest absolute Gasteiger partial charge is 0.338 e. The van der Waals surface area contributed by atoms with Gasteiger partial charge in [0, 0.05) is 18.3 Å². The minimum absolute atomic E-state index is 0.0125. The minimum atomic E-state index is -0.166. The molecule has 0 saturated carbocycles. The zero-order chi connectivity index (χ0) is 16.1. The Morgan fingerprint density at radius 2 is 1.64 bits per heavy atom. The van der Waals surface area contributed by atoms with Gasteiger partial charge in [0.2, 0.25) is 5.91 Å². The summed E-state index contributed by atoms with van der Waals surface area (Å²) in [4.78, 5) is 18.7. The number of nitrogens with one attached hydrogen (secondary N) is 2. The smallest absolute Gasteiger partial charge is 0.221 e. The van der Waals surface area contributed by atoms with Crippen molar-refractivity contribution in [3.8, 4) is 12.1 Å². The molecule has 2 aromatic rings. The lowest BCUT2D eigenvalue weighted by Crippen LogP contribution is -2.05. The number of amides is 1. The van der Waals surface area contributed by atoms with E-state index in [0.717, 1.165) is 0 Å². The summed E-state index contributed by atoms with van der Waals surface area (Å²) in [5, 5.41) is 23.3. The van der Waals surface area contributed by atoms with Gasteiger partial charge in [-0.2, -0.15) is 10.5 Å². The van der Waals surface area contributed by atoms with E-state index in [9.17, 15) is 4.79 Å². The summed E-state index contributed by atoms with van der Waals surface area (Å²) in [6.07, 6.45) is 0. The predicted octanol–water partition coefficient (Wildman–Crippen LogP) is 2.58. The lowest BCUT2D eigenvalue weighted by atomic mass is 10.2. The Bertz CT molecular complexity index is 804. The van der Waals surface area contributed by atoms with E-state index in [1.54, 1.807) is 36.4 Å². The average molecular weight is 313 g/mol. The zero-order valence-corrected chi connectivity index (χ0v) is 12.1. The predicted molar refractivity (Wildman–Crippen MR) is 80.5 cm³/mol. The van der Waals surface area contributed by atoms with Crippen molar-refractivity contribution in [1.82, 2.24) is 9.97 Å². The van der Waals surface area contributed by atoms with Crippen LogP contribution in [0.25, 0.3) is 0 Å². The molecule has 0 bridgehead atoms. The van der Waals surface area contributed by atoms with Gasteiger partial charge in [0.15, 0.2) is 22.4 Å². The van der Waals surface area contributed by atoms with E-state index in [1.807, 2.05) is 0 Å². The van der Waals surface area contributed by atoms with Crippen molar-refractivity contribution in [3.05, 3.63) is 40.8 Å². The average Bonchev–Trinajstić information content (AvgIpc) is 2.50. The molecule has 0 aliphatic carbocycles. The van der Waals surface area contributed by atoms with Crippen LogP contribution >= 0.6 is 11.6 Å². The summed E-state index contributed by atoms with van der Waals surface area (Å²) in [5.74, 6) is 0.00451. The van der Waals surface area contributed by atoms with Gasteiger partial charge >= 0.3 is 0 Å². The van der Waals surface area contributed by atoms with E-state index in [-0.39, 0.29) is 28.3 Å². The molecule has 1 aromatic carbocycles. The van der Waals surface area contributed by atoms with E-state index in [4.69, 9.17) is 22.1 Å². The number of hydrogen-bond acceptors (Lipinski definition) is 6. The van der Waals surface area contributed by atoms with Crippen LogP contribution in [0.5, 0.6) is 0 Å². The Kier molecular flexibility index (Phi) is 4.52. The molecule has 0 unspecified atom stereocenters. The van der Waals surface area contributed by atoms with Crippen molar-refractivity contribution >= 4 is 34.7 Å². The normalized spacial score (nSPS) is 9.45. The third-order valence-electron chi connectivity index (χ3n) is 2.53. The van der Waals surface area contributed by atoms with Gasteiger partial charge in [-0.25, -0.2) is 9.97 Å². The Morgan fingerprint density at radius 3 is 2.18 bits per heavy atom.